The first kappa shape index (κ1) is 36.5. The number of aromatic nitrogens is 3. The lowest BCUT2D eigenvalue weighted by Crippen LogP contribution is -2.38. The highest BCUT2D eigenvalue weighted by atomic mass is 16.5. The molecule has 0 aromatic carbocycles. The summed E-state index contributed by atoms with van der Waals surface area (Å²) in [5.74, 6) is -2.61. The average Bonchev–Trinajstić information content (AvgIpc) is 3.87. The molecule has 1 saturated heterocycles. The Labute approximate surface area is 303 Å². The molecule has 0 amide bonds. The number of hydrogen-bond acceptors (Lipinski definition) is 7. The number of ketones is 1. The molecule has 2 aliphatic heterocycles. The molecule has 6 rings (SSSR count). The molecule has 3 aromatic heterocycles. The fourth-order valence-electron chi connectivity index (χ4n) is 8.34. The van der Waals surface area contributed by atoms with Crippen LogP contribution in [0.5, 0.6) is 0 Å². The van der Waals surface area contributed by atoms with Gasteiger partial charge in [0.15, 0.2) is 5.78 Å². The van der Waals surface area contributed by atoms with E-state index in [0.717, 1.165) is 74.8 Å². The molecule has 1 unspecified atom stereocenters. The van der Waals surface area contributed by atoms with Crippen LogP contribution in [0.15, 0.2) is 23.9 Å². The minimum atomic E-state index is -1.14. The minimum Gasteiger partial charge on any atom is -0.515 e. The highest BCUT2D eigenvalue weighted by Crippen LogP contribution is 2.42. The highest BCUT2D eigenvalue weighted by molar-refractivity contribution is 6.19. The van der Waals surface area contributed by atoms with Crippen LogP contribution in [-0.2, 0) is 25.5 Å². The van der Waals surface area contributed by atoms with Crippen LogP contribution >= 0.6 is 0 Å². The zero-order valence-electron chi connectivity index (χ0n) is 31.2. The van der Waals surface area contributed by atoms with Crippen molar-refractivity contribution in [1.82, 2.24) is 20.3 Å². The fraction of sp³-hybridized carbons (Fsp3) is 0.405. The van der Waals surface area contributed by atoms with Crippen molar-refractivity contribution in [2.45, 2.75) is 79.7 Å². The molecule has 3 aromatic rings. The smallest absolute Gasteiger partial charge is 0.320 e. The second-order valence-corrected chi connectivity index (χ2v) is 14.2. The summed E-state index contributed by atoms with van der Waals surface area (Å²) in [6.45, 7) is 16.5. The van der Waals surface area contributed by atoms with E-state index < -0.39 is 17.9 Å². The maximum absolute atomic E-state index is 14.3. The van der Waals surface area contributed by atoms with Gasteiger partial charge in [0.1, 0.15) is 12.5 Å². The molecule has 1 fully saturated rings. The van der Waals surface area contributed by atoms with E-state index in [2.05, 4.69) is 46.8 Å². The molecule has 3 aliphatic rings. The third-order valence-electron chi connectivity index (χ3n) is 11.2. The standard InChI is InChI=1S/C42H50N4O6/c1-9-12-21(4)15-16-52-35(48)14-13-27-23(6)30-17-29-22(5)25(10-2)32(43-29)19-34-28(20-47)26(11-3)33(44-34)18-31-24(7)36-40(46-31)37(39(27)45-30)38(41(36)49)42(50)51-8/h10,15,17-20,23,27,38-39,43-47H,2,9,11-14,16H2,1,3-8H3/b21-15+,28-20-,30-17+,31-18-,34-19-/t23-,27-,38+,39?/m0/s1. The molecular weight excluding hydrogens is 656 g/mol. The first-order valence-electron chi connectivity index (χ1n) is 18.2. The monoisotopic (exact) mass is 706 g/mol. The number of aliphatic hydroxyl groups is 1. The normalized spacial score (nSPS) is 23.3. The summed E-state index contributed by atoms with van der Waals surface area (Å²) >= 11 is 0. The lowest BCUT2D eigenvalue weighted by molar-refractivity contribution is -0.143. The number of ether oxygens (including phenoxy) is 2. The SMILES string of the molecule is C=Cc1c2[nH]c(c1C)/C=C1/NC(C3=c4[nH]/c(c(C)c4C(=O)[C@@H]3C(=O)OC)=C\c3[nH]c(/c(=C\O)c3CC)=C\2)[C@@H](CCC(=O)OC/C=C(\C)CCC)[C@@H]1C. The number of nitrogens with one attached hydrogen (secondary N) is 4. The van der Waals surface area contributed by atoms with Crippen molar-refractivity contribution in [3.8, 4) is 0 Å². The van der Waals surface area contributed by atoms with Crippen LogP contribution in [0.1, 0.15) is 103 Å². The summed E-state index contributed by atoms with van der Waals surface area (Å²) in [6.07, 6.45) is 14.2. The van der Waals surface area contributed by atoms with Crippen molar-refractivity contribution in [2.24, 2.45) is 17.8 Å². The highest BCUT2D eigenvalue weighted by Gasteiger charge is 2.49. The predicted molar refractivity (Wildman–Crippen MR) is 204 cm³/mol. The van der Waals surface area contributed by atoms with Crippen molar-refractivity contribution < 1.29 is 29.0 Å². The number of carbonyl (C=O) groups is 3. The number of allylic oxidation sites excluding steroid dienone is 2. The Morgan fingerprint density at radius 2 is 1.75 bits per heavy atom. The van der Waals surface area contributed by atoms with E-state index in [1.165, 1.54) is 12.7 Å². The Morgan fingerprint density at radius 1 is 1.00 bits per heavy atom. The van der Waals surface area contributed by atoms with E-state index in [9.17, 15) is 19.5 Å². The van der Waals surface area contributed by atoms with E-state index in [4.69, 9.17) is 9.47 Å². The van der Waals surface area contributed by atoms with Crippen molar-refractivity contribution in [3.05, 3.63) is 90.1 Å². The summed E-state index contributed by atoms with van der Waals surface area (Å²) < 4.78 is 10.9. The van der Waals surface area contributed by atoms with E-state index in [1.54, 1.807) is 0 Å². The molecule has 0 spiro atoms. The van der Waals surface area contributed by atoms with Gasteiger partial charge < -0.3 is 34.8 Å². The number of methoxy groups -OCH3 is 1. The van der Waals surface area contributed by atoms with Crippen molar-refractivity contribution in [1.29, 1.82) is 0 Å². The number of esters is 2. The molecule has 5 heterocycles. The van der Waals surface area contributed by atoms with Gasteiger partial charge in [-0.1, -0.05) is 45.4 Å². The van der Waals surface area contributed by atoms with Gasteiger partial charge in [-0.3, -0.25) is 14.4 Å². The van der Waals surface area contributed by atoms with Crippen molar-refractivity contribution >= 4 is 53.9 Å². The van der Waals surface area contributed by atoms with Gasteiger partial charge >= 0.3 is 11.9 Å². The molecule has 10 heteroatoms. The predicted octanol–water partition coefficient (Wildman–Crippen LogP) is 4.23. The van der Waals surface area contributed by atoms with E-state index in [0.29, 0.717) is 34.5 Å². The van der Waals surface area contributed by atoms with Gasteiger partial charge in [-0.05, 0) is 92.5 Å². The third kappa shape index (κ3) is 6.28. The maximum Gasteiger partial charge on any atom is 0.320 e. The van der Waals surface area contributed by atoms with Gasteiger partial charge in [0, 0.05) is 56.8 Å². The van der Waals surface area contributed by atoms with Crippen LogP contribution in [0.25, 0.3) is 36.1 Å². The van der Waals surface area contributed by atoms with E-state index in [1.807, 2.05) is 52.0 Å². The van der Waals surface area contributed by atoms with Gasteiger partial charge in [0.25, 0.3) is 0 Å². The zero-order valence-corrected chi connectivity index (χ0v) is 31.2. The molecule has 8 bridgehead atoms. The van der Waals surface area contributed by atoms with Crippen LogP contribution in [-0.4, -0.2) is 57.5 Å². The summed E-state index contributed by atoms with van der Waals surface area (Å²) in [5.41, 5.74) is 9.23. The van der Waals surface area contributed by atoms with Gasteiger partial charge in [0.05, 0.1) is 30.1 Å². The molecule has 10 nitrogen and oxygen atoms in total. The summed E-state index contributed by atoms with van der Waals surface area (Å²) in [4.78, 5) is 51.4. The first-order valence-corrected chi connectivity index (χ1v) is 18.2. The second-order valence-electron chi connectivity index (χ2n) is 14.2. The van der Waals surface area contributed by atoms with Crippen molar-refractivity contribution in [2.75, 3.05) is 13.7 Å². The lowest BCUT2D eigenvalue weighted by Gasteiger charge is -2.25. The number of Topliss-reactive ketones (excluding diaryl/α,β-unsaturated/α-hetero) is 1. The molecular formula is C42H50N4O6. The van der Waals surface area contributed by atoms with Crippen LogP contribution < -0.4 is 26.6 Å². The van der Waals surface area contributed by atoms with Crippen LogP contribution in [0.3, 0.4) is 0 Å². The molecule has 52 heavy (non-hydrogen) atoms. The van der Waals surface area contributed by atoms with Gasteiger partial charge in [-0.25, -0.2) is 0 Å². The maximum atomic E-state index is 14.3. The molecule has 4 atom stereocenters. The molecule has 5 N–H and O–H groups in total. The van der Waals surface area contributed by atoms with E-state index >= 15 is 0 Å². The number of aromatic amines is 3. The summed E-state index contributed by atoms with van der Waals surface area (Å²) in [7, 11) is 1.30. The third-order valence-corrected chi connectivity index (χ3v) is 11.2. The quantitative estimate of drug-likeness (QED) is 0.120. The molecule has 0 radical (unpaired) electrons. The van der Waals surface area contributed by atoms with Gasteiger partial charge in [-0.15, -0.1) is 0 Å². The van der Waals surface area contributed by atoms with Crippen molar-refractivity contribution in [3.63, 3.8) is 0 Å². The number of H-pyrrole nitrogens is 3. The number of aliphatic hydroxyl groups excluding tert-OH is 1. The van der Waals surface area contributed by atoms with Gasteiger partial charge in [0.2, 0.25) is 0 Å². The van der Waals surface area contributed by atoms with Gasteiger partial charge in [-0.2, -0.15) is 0 Å². The number of carbonyl (C=O) groups excluding carboxylic acids is 3. The van der Waals surface area contributed by atoms with Crippen LogP contribution in [0.2, 0.25) is 0 Å². The molecule has 0 saturated carbocycles. The molecule has 274 valence electrons. The second kappa shape index (κ2) is 14.8. The Balaban J connectivity index is 1.57. The first-order chi connectivity index (χ1) is 25.0. The Bertz CT molecular complexity index is 2280. The Morgan fingerprint density at radius 3 is 2.42 bits per heavy atom. The van der Waals surface area contributed by atoms with E-state index in [-0.39, 0.29) is 36.6 Å². The van der Waals surface area contributed by atoms with Crippen LogP contribution in [0, 0.1) is 31.6 Å². The Kier molecular flexibility index (Phi) is 10.4. The number of hydrogen-bond donors (Lipinski definition) is 5. The summed E-state index contributed by atoms with van der Waals surface area (Å²) in [6, 6.07) is -0.465. The lowest BCUT2D eigenvalue weighted by atomic mass is 9.80. The Hall–Kier alpha value is -5.25. The van der Waals surface area contributed by atoms with Crippen LogP contribution in [0.4, 0.5) is 0 Å². The fourth-order valence-corrected chi connectivity index (χ4v) is 8.34. The average molecular weight is 707 g/mol. The number of rotatable bonds is 10. The molecule has 1 aliphatic carbocycles. The largest absolute Gasteiger partial charge is 0.515 e. The minimum absolute atomic E-state index is 0.0808. The number of fused-ring (bicyclic) bond motifs is 8. The zero-order chi connectivity index (χ0) is 37.4. The topological polar surface area (TPSA) is 149 Å². The summed E-state index contributed by atoms with van der Waals surface area (Å²) in [5, 5.41) is 16.9.